The molecular weight excluding hydrogens is 356 g/mol. The molecule has 3 N–H and O–H groups in total. The van der Waals surface area contributed by atoms with Gasteiger partial charge in [0.05, 0.1) is 0 Å². The largest absolute Gasteiger partial charge is 0.391 e. The molecule has 1 aliphatic rings. The summed E-state index contributed by atoms with van der Waals surface area (Å²) >= 11 is 0. The van der Waals surface area contributed by atoms with Gasteiger partial charge in [0.15, 0.2) is 0 Å². The first kappa shape index (κ1) is 24.8. The highest BCUT2D eigenvalue weighted by atomic mass is 16.8. The molecule has 2 atom stereocenters. The van der Waals surface area contributed by atoms with E-state index >= 15 is 0 Å². The topological polar surface area (TPSA) is 90.3 Å². The van der Waals surface area contributed by atoms with Crippen LogP contribution in [-0.2, 0) is 9.53 Å². The van der Waals surface area contributed by atoms with E-state index in [9.17, 15) is 15.0 Å². The zero-order valence-corrected chi connectivity index (χ0v) is 17.3. The maximum absolute atomic E-state index is 11.7. The van der Waals surface area contributed by atoms with Crippen molar-refractivity contribution in [3.63, 3.8) is 0 Å². The monoisotopic (exact) mass is 394 g/mol. The van der Waals surface area contributed by atoms with Crippen molar-refractivity contribution in [2.24, 2.45) is 0 Å². The standard InChI is InChI=1S/C23H38O5/c1-2-3-4-5-6-7-8-9-10-11-12-13-14-15-16-17-18-19-21(25)23(27)22(26,20-24)28-23/h14-19,24,26-27H,2-13,20H2,1H3. The van der Waals surface area contributed by atoms with E-state index in [1.54, 1.807) is 12.2 Å². The minimum Gasteiger partial charge on any atom is -0.391 e. The summed E-state index contributed by atoms with van der Waals surface area (Å²) < 4.78 is 4.51. The first-order valence-electron chi connectivity index (χ1n) is 10.8. The van der Waals surface area contributed by atoms with Gasteiger partial charge in [0, 0.05) is 0 Å². The van der Waals surface area contributed by atoms with E-state index in [1.807, 2.05) is 6.08 Å². The number of aliphatic hydroxyl groups excluding tert-OH is 1. The van der Waals surface area contributed by atoms with Crippen LogP contribution in [0.25, 0.3) is 0 Å². The molecule has 28 heavy (non-hydrogen) atoms. The van der Waals surface area contributed by atoms with Gasteiger partial charge in [-0.25, -0.2) is 0 Å². The number of unbranched alkanes of at least 4 members (excludes halogenated alkanes) is 11. The molecular formula is C23H38O5. The van der Waals surface area contributed by atoms with Crippen LogP contribution >= 0.6 is 0 Å². The normalized spacial score (nSPS) is 24.7. The van der Waals surface area contributed by atoms with Crippen LogP contribution in [-0.4, -0.2) is 39.3 Å². The molecule has 0 aromatic heterocycles. The highest BCUT2D eigenvalue weighted by molar-refractivity contribution is 5.98. The lowest BCUT2D eigenvalue weighted by Gasteiger charge is -2.03. The van der Waals surface area contributed by atoms with Gasteiger partial charge in [0.25, 0.3) is 11.6 Å². The number of ether oxygens (including phenoxy) is 1. The molecule has 0 aromatic carbocycles. The van der Waals surface area contributed by atoms with E-state index in [2.05, 4.69) is 17.7 Å². The molecule has 0 spiro atoms. The van der Waals surface area contributed by atoms with Crippen molar-refractivity contribution in [1.82, 2.24) is 0 Å². The van der Waals surface area contributed by atoms with E-state index in [0.717, 1.165) is 12.5 Å². The Morgan fingerprint density at radius 1 is 0.821 bits per heavy atom. The number of hydrogen-bond acceptors (Lipinski definition) is 5. The van der Waals surface area contributed by atoms with E-state index in [0.29, 0.717) is 0 Å². The Bertz CT molecular complexity index is 525. The van der Waals surface area contributed by atoms with E-state index in [4.69, 9.17) is 5.11 Å². The summed E-state index contributed by atoms with van der Waals surface area (Å²) in [6, 6.07) is 0. The van der Waals surface area contributed by atoms with Crippen molar-refractivity contribution in [3.05, 3.63) is 36.5 Å². The quantitative estimate of drug-likeness (QED) is 0.148. The van der Waals surface area contributed by atoms with Gasteiger partial charge in [0.1, 0.15) is 6.61 Å². The van der Waals surface area contributed by atoms with Crippen LogP contribution in [0, 0.1) is 0 Å². The molecule has 1 aliphatic heterocycles. The van der Waals surface area contributed by atoms with Gasteiger partial charge in [-0.15, -0.1) is 0 Å². The number of epoxide rings is 1. The summed E-state index contributed by atoms with van der Waals surface area (Å²) in [5.41, 5.74) is 0. The third-order valence-corrected chi connectivity index (χ3v) is 5.04. The fourth-order valence-electron chi connectivity index (χ4n) is 3.09. The van der Waals surface area contributed by atoms with Gasteiger partial charge in [-0.2, -0.15) is 0 Å². The summed E-state index contributed by atoms with van der Waals surface area (Å²) in [5.74, 6) is -5.29. The first-order chi connectivity index (χ1) is 13.5. The SMILES string of the molecule is CCCCCCCCCCCCCC=CC=CC=CC(=O)C1(O)OC1(O)CO. The third-order valence-electron chi connectivity index (χ3n) is 5.04. The van der Waals surface area contributed by atoms with Crippen molar-refractivity contribution in [1.29, 1.82) is 0 Å². The van der Waals surface area contributed by atoms with Crippen molar-refractivity contribution in [3.8, 4) is 0 Å². The highest BCUT2D eigenvalue weighted by Crippen LogP contribution is 2.44. The second-order valence-electron chi connectivity index (χ2n) is 7.55. The molecule has 5 nitrogen and oxygen atoms in total. The van der Waals surface area contributed by atoms with Crippen molar-refractivity contribution in [2.75, 3.05) is 6.61 Å². The average molecular weight is 395 g/mol. The molecule has 1 fully saturated rings. The molecule has 0 bridgehead atoms. The van der Waals surface area contributed by atoms with E-state index in [1.165, 1.54) is 76.7 Å². The Morgan fingerprint density at radius 2 is 1.36 bits per heavy atom. The predicted molar refractivity (Wildman–Crippen MR) is 112 cm³/mol. The highest BCUT2D eigenvalue weighted by Gasteiger charge is 2.74. The number of carbonyl (C=O) groups is 1. The Balaban J connectivity index is 1.96. The molecule has 0 aromatic rings. The van der Waals surface area contributed by atoms with Crippen molar-refractivity contribution < 1.29 is 24.9 Å². The molecule has 1 saturated heterocycles. The lowest BCUT2D eigenvalue weighted by atomic mass is 10.1. The Hall–Kier alpha value is -1.27. The van der Waals surface area contributed by atoms with Crippen molar-refractivity contribution >= 4 is 5.78 Å². The minimum absolute atomic E-state index is 0.793. The fourth-order valence-corrected chi connectivity index (χ4v) is 3.09. The Morgan fingerprint density at radius 3 is 1.89 bits per heavy atom. The van der Waals surface area contributed by atoms with Crippen LogP contribution in [0.4, 0.5) is 0 Å². The molecule has 160 valence electrons. The van der Waals surface area contributed by atoms with E-state index in [-0.39, 0.29) is 0 Å². The number of ketones is 1. The molecule has 2 unspecified atom stereocenters. The van der Waals surface area contributed by atoms with Gasteiger partial charge in [0.2, 0.25) is 5.78 Å². The van der Waals surface area contributed by atoms with Crippen LogP contribution in [0.1, 0.15) is 84.0 Å². The number of rotatable bonds is 17. The number of allylic oxidation sites excluding steroid dienone is 5. The maximum atomic E-state index is 11.7. The molecule has 1 heterocycles. The van der Waals surface area contributed by atoms with Crippen LogP contribution < -0.4 is 0 Å². The summed E-state index contributed by atoms with van der Waals surface area (Å²) in [4.78, 5) is 11.7. The lowest BCUT2D eigenvalue weighted by molar-refractivity contribution is -0.132. The van der Waals surface area contributed by atoms with E-state index < -0.39 is 24.0 Å². The zero-order chi connectivity index (χ0) is 20.7. The van der Waals surface area contributed by atoms with Crippen LogP contribution in [0.3, 0.4) is 0 Å². The second-order valence-corrected chi connectivity index (χ2v) is 7.55. The molecule has 5 heteroatoms. The third kappa shape index (κ3) is 8.82. The minimum atomic E-state index is -2.32. The second kappa shape index (κ2) is 13.8. The first-order valence-corrected chi connectivity index (χ1v) is 10.8. The van der Waals surface area contributed by atoms with Crippen LogP contribution in [0.15, 0.2) is 36.5 Å². The van der Waals surface area contributed by atoms with Crippen LogP contribution in [0.5, 0.6) is 0 Å². The maximum Gasteiger partial charge on any atom is 0.291 e. The predicted octanol–water partition coefficient (Wildman–Crippen LogP) is 4.32. The summed E-state index contributed by atoms with van der Waals surface area (Å²) in [6.45, 7) is 1.42. The number of hydrogen-bond donors (Lipinski definition) is 3. The zero-order valence-electron chi connectivity index (χ0n) is 17.3. The summed E-state index contributed by atoms with van der Waals surface area (Å²) in [7, 11) is 0. The number of carbonyl (C=O) groups excluding carboxylic acids is 1. The van der Waals surface area contributed by atoms with Gasteiger partial charge in [-0.05, 0) is 18.9 Å². The fraction of sp³-hybridized carbons (Fsp3) is 0.696. The Kier molecular flexibility index (Phi) is 12.2. The molecule has 0 radical (unpaired) electrons. The van der Waals surface area contributed by atoms with Gasteiger partial charge < -0.3 is 15.3 Å². The van der Waals surface area contributed by atoms with Gasteiger partial charge in [-0.3, -0.25) is 9.53 Å². The lowest BCUT2D eigenvalue weighted by Crippen LogP contribution is -2.35. The average Bonchev–Trinajstić information content (AvgIpc) is 3.27. The molecule has 0 aliphatic carbocycles. The summed E-state index contributed by atoms with van der Waals surface area (Å²) in [5, 5.41) is 28.0. The molecule has 0 amide bonds. The summed E-state index contributed by atoms with van der Waals surface area (Å²) in [6.07, 6.45) is 25.9. The van der Waals surface area contributed by atoms with Gasteiger partial charge >= 0.3 is 0 Å². The number of aliphatic hydroxyl groups is 3. The molecule has 0 saturated carbocycles. The van der Waals surface area contributed by atoms with Gasteiger partial charge in [-0.1, -0.05) is 102 Å². The smallest absolute Gasteiger partial charge is 0.291 e. The van der Waals surface area contributed by atoms with Crippen molar-refractivity contribution in [2.45, 2.75) is 95.5 Å². The van der Waals surface area contributed by atoms with Crippen LogP contribution in [0.2, 0.25) is 0 Å². The Labute approximate surface area is 169 Å². The molecule has 1 rings (SSSR count).